The lowest BCUT2D eigenvalue weighted by atomic mass is 10.0. The minimum Gasteiger partial charge on any atom is -0.496 e. The van der Waals surface area contributed by atoms with Gasteiger partial charge in [-0.25, -0.2) is 4.39 Å². The Morgan fingerprint density at radius 2 is 2.32 bits per heavy atom. The highest BCUT2D eigenvalue weighted by Gasteiger charge is 2.37. The van der Waals surface area contributed by atoms with Gasteiger partial charge in [0.25, 0.3) is 0 Å². The predicted molar refractivity (Wildman–Crippen MR) is 71.5 cm³/mol. The summed E-state index contributed by atoms with van der Waals surface area (Å²) in [5.41, 5.74) is 7.29. The normalized spacial score (nSPS) is 20.4. The maximum absolute atomic E-state index is 14.1. The van der Waals surface area contributed by atoms with Crippen LogP contribution in [0, 0.1) is 5.82 Å². The molecular formula is C14H21FN2O2. The van der Waals surface area contributed by atoms with E-state index >= 15 is 0 Å². The fourth-order valence-electron chi connectivity index (χ4n) is 2.89. The minimum atomic E-state index is -0.249. The highest BCUT2D eigenvalue weighted by Crippen LogP contribution is 2.41. The molecule has 1 aromatic rings. The van der Waals surface area contributed by atoms with Gasteiger partial charge in [0.05, 0.1) is 19.8 Å². The van der Waals surface area contributed by atoms with Crippen LogP contribution in [-0.2, 0) is 6.54 Å². The average Bonchev–Trinajstić information content (AvgIpc) is 2.81. The van der Waals surface area contributed by atoms with Crippen molar-refractivity contribution in [3.8, 4) is 5.75 Å². The van der Waals surface area contributed by atoms with Crippen LogP contribution in [0.25, 0.3) is 0 Å². The van der Waals surface area contributed by atoms with Gasteiger partial charge in [-0.05, 0) is 18.6 Å². The van der Waals surface area contributed by atoms with Crippen LogP contribution in [0.5, 0.6) is 5.75 Å². The van der Waals surface area contributed by atoms with Crippen molar-refractivity contribution in [3.05, 3.63) is 29.1 Å². The van der Waals surface area contributed by atoms with Crippen molar-refractivity contribution < 1.29 is 14.2 Å². The van der Waals surface area contributed by atoms with Crippen molar-refractivity contribution in [3.63, 3.8) is 0 Å². The molecule has 0 amide bonds. The number of fused-ring (bicyclic) bond motifs is 1. The molecule has 0 saturated heterocycles. The Kier molecular flexibility index (Phi) is 4.39. The molecule has 3 N–H and O–H groups in total. The van der Waals surface area contributed by atoms with Gasteiger partial charge in [0.1, 0.15) is 11.6 Å². The third-order valence-corrected chi connectivity index (χ3v) is 3.93. The molecule has 1 aromatic carbocycles. The van der Waals surface area contributed by atoms with E-state index in [2.05, 4.69) is 4.90 Å². The van der Waals surface area contributed by atoms with E-state index in [1.165, 1.54) is 6.07 Å². The third kappa shape index (κ3) is 2.33. The molecule has 5 heteroatoms. The van der Waals surface area contributed by atoms with Gasteiger partial charge in [-0.2, -0.15) is 0 Å². The Bertz CT molecular complexity index is 449. The summed E-state index contributed by atoms with van der Waals surface area (Å²) in [6, 6.07) is 2.86. The zero-order valence-corrected chi connectivity index (χ0v) is 11.4. The Labute approximate surface area is 113 Å². The molecule has 2 rings (SSSR count). The predicted octanol–water partition coefficient (Wildman–Crippen LogP) is 1.42. The van der Waals surface area contributed by atoms with E-state index < -0.39 is 0 Å². The number of ether oxygens (including phenoxy) is 1. The van der Waals surface area contributed by atoms with Crippen LogP contribution in [0.2, 0.25) is 0 Å². The van der Waals surface area contributed by atoms with E-state index in [9.17, 15) is 9.50 Å². The van der Waals surface area contributed by atoms with Gasteiger partial charge in [-0.3, -0.25) is 4.90 Å². The molecule has 19 heavy (non-hydrogen) atoms. The quantitative estimate of drug-likeness (QED) is 0.848. The monoisotopic (exact) mass is 268 g/mol. The van der Waals surface area contributed by atoms with Crippen molar-refractivity contribution in [1.82, 2.24) is 4.90 Å². The van der Waals surface area contributed by atoms with E-state index in [1.807, 2.05) is 6.92 Å². The number of halogens is 1. The molecule has 1 heterocycles. The van der Waals surface area contributed by atoms with Gasteiger partial charge in [-0.1, -0.05) is 6.92 Å². The highest BCUT2D eigenvalue weighted by atomic mass is 19.1. The fraction of sp³-hybridized carbons (Fsp3) is 0.571. The van der Waals surface area contributed by atoms with Crippen LogP contribution in [0.15, 0.2) is 12.1 Å². The van der Waals surface area contributed by atoms with Crippen LogP contribution < -0.4 is 10.5 Å². The minimum absolute atomic E-state index is 0.00921. The summed E-state index contributed by atoms with van der Waals surface area (Å²) in [7, 11) is 1.58. The summed E-state index contributed by atoms with van der Waals surface area (Å²) in [6.07, 6.45) is 0.797. The molecule has 106 valence electrons. The first-order valence-corrected chi connectivity index (χ1v) is 6.59. The molecule has 0 radical (unpaired) electrons. The number of nitrogens with zero attached hydrogens (tertiary/aromatic N) is 1. The maximum atomic E-state index is 14.1. The van der Waals surface area contributed by atoms with Crippen molar-refractivity contribution in [2.75, 3.05) is 20.3 Å². The van der Waals surface area contributed by atoms with Crippen molar-refractivity contribution in [2.24, 2.45) is 5.73 Å². The van der Waals surface area contributed by atoms with Gasteiger partial charge in [0.15, 0.2) is 0 Å². The van der Waals surface area contributed by atoms with Crippen LogP contribution in [0.3, 0.4) is 0 Å². The topological polar surface area (TPSA) is 58.7 Å². The zero-order chi connectivity index (χ0) is 14.0. The number of hydrogen-bond donors (Lipinski definition) is 2. The van der Waals surface area contributed by atoms with E-state index in [0.29, 0.717) is 24.4 Å². The second kappa shape index (κ2) is 5.86. The number of nitrogens with two attached hydrogens (primary N) is 1. The molecule has 0 aromatic heterocycles. The van der Waals surface area contributed by atoms with Gasteiger partial charge in [0.2, 0.25) is 0 Å². The number of benzene rings is 1. The highest BCUT2D eigenvalue weighted by molar-refractivity contribution is 5.46. The number of aliphatic hydroxyl groups is 1. The van der Waals surface area contributed by atoms with Crippen molar-refractivity contribution in [1.29, 1.82) is 0 Å². The first-order chi connectivity index (χ1) is 9.17. The Hall–Kier alpha value is -1.17. The fourth-order valence-corrected chi connectivity index (χ4v) is 2.89. The van der Waals surface area contributed by atoms with Gasteiger partial charge < -0.3 is 15.6 Å². The van der Waals surface area contributed by atoms with Crippen LogP contribution in [0.4, 0.5) is 4.39 Å². The summed E-state index contributed by atoms with van der Waals surface area (Å²) in [6.45, 7) is 2.95. The number of rotatable bonds is 5. The first kappa shape index (κ1) is 14.2. The first-order valence-electron chi connectivity index (χ1n) is 6.59. The van der Waals surface area contributed by atoms with E-state index in [4.69, 9.17) is 10.5 Å². The summed E-state index contributed by atoms with van der Waals surface area (Å²) >= 11 is 0. The molecule has 0 saturated carbocycles. The van der Waals surface area contributed by atoms with Crippen LogP contribution in [0.1, 0.15) is 30.5 Å². The molecule has 1 aliphatic rings. The molecule has 0 fully saturated rings. The molecular weight excluding hydrogens is 247 g/mol. The summed E-state index contributed by atoms with van der Waals surface area (Å²) < 4.78 is 19.4. The van der Waals surface area contributed by atoms with E-state index in [0.717, 1.165) is 12.0 Å². The standard InChI is InChI=1S/C14H21FN2O2/c1-3-9(8-18)17-7-10-13(19-2)5-4-11(15)14(10)12(17)6-16/h4-5,9,12,18H,3,6-8,16H2,1-2H3. The number of aliphatic hydroxyl groups excluding tert-OH is 1. The third-order valence-electron chi connectivity index (χ3n) is 3.93. The van der Waals surface area contributed by atoms with Gasteiger partial charge in [-0.15, -0.1) is 0 Å². The largest absolute Gasteiger partial charge is 0.496 e. The smallest absolute Gasteiger partial charge is 0.128 e. The molecule has 0 bridgehead atoms. The Balaban J connectivity index is 2.44. The van der Waals surface area contributed by atoms with E-state index in [-0.39, 0.29) is 24.5 Å². The summed E-state index contributed by atoms with van der Waals surface area (Å²) in [5, 5.41) is 9.47. The van der Waals surface area contributed by atoms with Crippen LogP contribution >= 0.6 is 0 Å². The second-order valence-corrected chi connectivity index (χ2v) is 4.81. The lowest BCUT2D eigenvalue weighted by Crippen LogP contribution is -2.39. The molecule has 0 spiro atoms. The Morgan fingerprint density at radius 1 is 1.58 bits per heavy atom. The molecule has 1 aliphatic heterocycles. The lowest BCUT2D eigenvalue weighted by Gasteiger charge is -2.30. The number of hydrogen-bond acceptors (Lipinski definition) is 4. The van der Waals surface area contributed by atoms with Gasteiger partial charge in [0, 0.05) is 30.3 Å². The SMILES string of the molecule is CCC(CO)N1Cc2c(OC)ccc(F)c2C1CN. The maximum Gasteiger partial charge on any atom is 0.128 e. The Morgan fingerprint density at radius 3 is 2.84 bits per heavy atom. The number of methoxy groups -OCH3 is 1. The average molecular weight is 268 g/mol. The molecule has 2 unspecified atom stereocenters. The summed E-state index contributed by atoms with van der Waals surface area (Å²) in [4.78, 5) is 2.07. The van der Waals surface area contributed by atoms with E-state index in [1.54, 1.807) is 13.2 Å². The molecule has 2 atom stereocenters. The van der Waals surface area contributed by atoms with Crippen LogP contribution in [-0.4, -0.2) is 36.3 Å². The lowest BCUT2D eigenvalue weighted by molar-refractivity contribution is 0.0883. The van der Waals surface area contributed by atoms with Crippen molar-refractivity contribution >= 4 is 0 Å². The molecule has 0 aliphatic carbocycles. The second-order valence-electron chi connectivity index (χ2n) is 4.81. The molecule has 4 nitrogen and oxygen atoms in total. The van der Waals surface area contributed by atoms with Crippen molar-refractivity contribution in [2.45, 2.75) is 32.0 Å². The summed E-state index contributed by atoms with van der Waals surface area (Å²) in [5.74, 6) is 0.437. The van der Waals surface area contributed by atoms with Gasteiger partial charge >= 0.3 is 0 Å². The zero-order valence-electron chi connectivity index (χ0n) is 11.4.